The third kappa shape index (κ3) is 1.62. The molecule has 0 radical (unpaired) electrons. The van der Waals surface area contributed by atoms with Crippen LogP contribution in [0.2, 0.25) is 0 Å². The molecule has 3 aliphatic rings. The van der Waals surface area contributed by atoms with Gasteiger partial charge in [0.15, 0.2) is 0 Å². The highest BCUT2D eigenvalue weighted by Gasteiger charge is 2.37. The van der Waals surface area contributed by atoms with Gasteiger partial charge in [-0.25, -0.2) is 0 Å². The first-order chi connectivity index (χ1) is 6.43. The Morgan fingerprint density at radius 2 is 2.08 bits per heavy atom. The van der Waals surface area contributed by atoms with Gasteiger partial charge in [-0.1, -0.05) is 0 Å². The Kier molecular flexibility index (Phi) is 2.06. The van der Waals surface area contributed by atoms with Crippen LogP contribution in [0.15, 0.2) is 0 Å². The van der Waals surface area contributed by atoms with Gasteiger partial charge < -0.3 is 5.32 Å². The van der Waals surface area contributed by atoms with E-state index < -0.39 is 0 Å². The van der Waals surface area contributed by atoms with Crippen LogP contribution in [0.1, 0.15) is 25.7 Å². The fraction of sp³-hybridized carbons (Fsp3) is 1.00. The fourth-order valence-corrected chi connectivity index (χ4v) is 3.02. The van der Waals surface area contributed by atoms with Crippen LogP contribution in [-0.4, -0.2) is 37.1 Å². The molecule has 0 aromatic carbocycles. The molecule has 0 amide bonds. The molecule has 3 rings (SSSR count). The van der Waals surface area contributed by atoms with Crippen molar-refractivity contribution in [3.8, 4) is 0 Å². The minimum absolute atomic E-state index is 0.898. The summed E-state index contributed by atoms with van der Waals surface area (Å²) in [5.41, 5.74) is 0. The largest absolute Gasteiger partial charge is 0.315 e. The van der Waals surface area contributed by atoms with Crippen molar-refractivity contribution in [2.24, 2.45) is 11.8 Å². The van der Waals surface area contributed by atoms with Gasteiger partial charge in [0.1, 0.15) is 0 Å². The lowest BCUT2D eigenvalue weighted by Crippen LogP contribution is -2.45. The molecule has 1 aliphatic carbocycles. The minimum Gasteiger partial charge on any atom is -0.315 e. The fourth-order valence-electron chi connectivity index (χ4n) is 3.02. The number of fused-ring (bicyclic) bond motifs is 1. The number of piperidine rings is 1. The Morgan fingerprint density at radius 3 is 2.92 bits per heavy atom. The lowest BCUT2D eigenvalue weighted by atomic mass is 9.92. The van der Waals surface area contributed by atoms with Crippen LogP contribution in [0.3, 0.4) is 0 Å². The normalized spacial score (nSPS) is 40.6. The zero-order valence-corrected chi connectivity index (χ0v) is 8.34. The third-order valence-electron chi connectivity index (χ3n) is 3.98. The Bertz CT molecular complexity index is 189. The molecule has 0 spiro atoms. The highest BCUT2D eigenvalue weighted by Crippen LogP contribution is 2.34. The smallest absolute Gasteiger partial charge is 0.0261 e. The molecule has 0 bridgehead atoms. The Hall–Kier alpha value is -0.0800. The molecule has 1 saturated carbocycles. The van der Waals surface area contributed by atoms with E-state index in [9.17, 15) is 0 Å². The SMILES string of the molecule is C1CC2CNCC2N(CC2CC2)C1. The molecule has 2 heterocycles. The van der Waals surface area contributed by atoms with Crippen molar-refractivity contribution in [3.05, 3.63) is 0 Å². The van der Waals surface area contributed by atoms with E-state index in [4.69, 9.17) is 0 Å². The number of hydrogen-bond acceptors (Lipinski definition) is 2. The van der Waals surface area contributed by atoms with E-state index in [1.165, 1.54) is 51.9 Å². The average Bonchev–Trinajstić information content (AvgIpc) is 2.83. The van der Waals surface area contributed by atoms with Crippen molar-refractivity contribution in [3.63, 3.8) is 0 Å². The first kappa shape index (κ1) is 8.25. The Labute approximate surface area is 80.7 Å². The van der Waals surface area contributed by atoms with E-state index in [0.29, 0.717) is 0 Å². The second-order valence-electron chi connectivity index (χ2n) is 5.07. The van der Waals surface area contributed by atoms with Crippen molar-refractivity contribution in [1.29, 1.82) is 0 Å². The van der Waals surface area contributed by atoms with Gasteiger partial charge in [-0.3, -0.25) is 4.90 Å². The van der Waals surface area contributed by atoms with Gasteiger partial charge >= 0.3 is 0 Å². The lowest BCUT2D eigenvalue weighted by molar-refractivity contribution is 0.119. The van der Waals surface area contributed by atoms with Gasteiger partial charge in [-0.2, -0.15) is 0 Å². The molecule has 2 aliphatic heterocycles. The van der Waals surface area contributed by atoms with Gasteiger partial charge in [0, 0.05) is 19.1 Å². The molecular formula is C11H20N2. The van der Waals surface area contributed by atoms with E-state index in [-0.39, 0.29) is 0 Å². The van der Waals surface area contributed by atoms with Crippen molar-refractivity contribution in [1.82, 2.24) is 10.2 Å². The van der Waals surface area contributed by atoms with Crippen LogP contribution in [0.4, 0.5) is 0 Å². The van der Waals surface area contributed by atoms with Gasteiger partial charge in [-0.05, 0) is 50.6 Å². The summed E-state index contributed by atoms with van der Waals surface area (Å²) in [5, 5.41) is 3.55. The van der Waals surface area contributed by atoms with Crippen LogP contribution in [-0.2, 0) is 0 Å². The molecule has 1 N–H and O–H groups in total. The minimum atomic E-state index is 0.898. The molecule has 0 aromatic rings. The summed E-state index contributed by atoms with van der Waals surface area (Å²) < 4.78 is 0. The van der Waals surface area contributed by atoms with Gasteiger partial charge in [-0.15, -0.1) is 0 Å². The molecule has 2 nitrogen and oxygen atoms in total. The summed E-state index contributed by atoms with van der Waals surface area (Å²) in [4.78, 5) is 2.77. The quantitative estimate of drug-likeness (QED) is 0.684. The lowest BCUT2D eigenvalue weighted by Gasteiger charge is -2.37. The van der Waals surface area contributed by atoms with Crippen LogP contribution < -0.4 is 5.32 Å². The summed E-state index contributed by atoms with van der Waals surface area (Å²) in [6.45, 7) is 5.32. The number of likely N-dealkylation sites (tertiary alicyclic amines) is 1. The molecule has 3 fully saturated rings. The zero-order chi connectivity index (χ0) is 8.67. The van der Waals surface area contributed by atoms with E-state index in [1.54, 1.807) is 0 Å². The molecule has 2 atom stereocenters. The van der Waals surface area contributed by atoms with Crippen LogP contribution in [0.5, 0.6) is 0 Å². The van der Waals surface area contributed by atoms with Crippen molar-refractivity contribution >= 4 is 0 Å². The van der Waals surface area contributed by atoms with E-state index in [1.807, 2.05) is 0 Å². The van der Waals surface area contributed by atoms with Crippen LogP contribution in [0.25, 0.3) is 0 Å². The van der Waals surface area contributed by atoms with Crippen molar-refractivity contribution in [2.75, 3.05) is 26.2 Å². The standard InChI is InChI=1S/C11H20N2/c1-2-10-6-12-7-11(10)13(5-1)8-9-3-4-9/h9-12H,1-8H2. The van der Waals surface area contributed by atoms with E-state index in [2.05, 4.69) is 10.2 Å². The summed E-state index contributed by atoms with van der Waals surface area (Å²) in [7, 11) is 0. The van der Waals surface area contributed by atoms with Gasteiger partial charge in [0.05, 0.1) is 0 Å². The average molecular weight is 180 g/mol. The van der Waals surface area contributed by atoms with Crippen molar-refractivity contribution in [2.45, 2.75) is 31.7 Å². The summed E-state index contributed by atoms with van der Waals surface area (Å²) >= 11 is 0. The third-order valence-corrected chi connectivity index (χ3v) is 3.98. The topological polar surface area (TPSA) is 15.3 Å². The molecular weight excluding hydrogens is 160 g/mol. The molecule has 2 unspecified atom stereocenters. The highest BCUT2D eigenvalue weighted by molar-refractivity contribution is 4.93. The highest BCUT2D eigenvalue weighted by atomic mass is 15.2. The maximum atomic E-state index is 3.55. The number of nitrogens with one attached hydrogen (secondary N) is 1. The number of hydrogen-bond donors (Lipinski definition) is 1. The van der Waals surface area contributed by atoms with E-state index in [0.717, 1.165) is 17.9 Å². The Morgan fingerprint density at radius 1 is 1.15 bits per heavy atom. The van der Waals surface area contributed by atoms with Gasteiger partial charge in [0.2, 0.25) is 0 Å². The van der Waals surface area contributed by atoms with Crippen molar-refractivity contribution < 1.29 is 0 Å². The maximum Gasteiger partial charge on any atom is 0.0261 e. The molecule has 2 heteroatoms. The molecule has 74 valence electrons. The molecule has 2 saturated heterocycles. The predicted octanol–water partition coefficient (Wildman–Crippen LogP) is 1.08. The first-order valence-corrected chi connectivity index (χ1v) is 5.88. The van der Waals surface area contributed by atoms with Gasteiger partial charge in [0.25, 0.3) is 0 Å². The van der Waals surface area contributed by atoms with Crippen LogP contribution in [0, 0.1) is 11.8 Å². The van der Waals surface area contributed by atoms with Crippen LogP contribution >= 0.6 is 0 Å². The summed E-state index contributed by atoms with van der Waals surface area (Å²) in [5.74, 6) is 2.05. The summed E-state index contributed by atoms with van der Waals surface area (Å²) in [6, 6.07) is 0.898. The second kappa shape index (κ2) is 3.25. The second-order valence-corrected chi connectivity index (χ2v) is 5.07. The number of nitrogens with zero attached hydrogens (tertiary/aromatic N) is 1. The maximum absolute atomic E-state index is 3.55. The monoisotopic (exact) mass is 180 g/mol. The predicted molar refractivity (Wildman–Crippen MR) is 53.7 cm³/mol. The van der Waals surface area contributed by atoms with E-state index >= 15 is 0 Å². The molecule has 0 aromatic heterocycles. The first-order valence-electron chi connectivity index (χ1n) is 5.88. The number of rotatable bonds is 2. The summed E-state index contributed by atoms with van der Waals surface area (Å²) in [6.07, 6.45) is 5.91. The Balaban J connectivity index is 1.63. The molecule has 13 heavy (non-hydrogen) atoms. The zero-order valence-electron chi connectivity index (χ0n) is 8.34.